The molecule has 2 aromatic heterocycles. The van der Waals surface area contributed by atoms with E-state index in [1.165, 1.54) is 30.2 Å². The Balaban J connectivity index is 0.000000527. The summed E-state index contributed by atoms with van der Waals surface area (Å²) in [7, 11) is 3.21. The summed E-state index contributed by atoms with van der Waals surface area (Å²) in [6.07, 6.45) is 0. The molecule has 0 spiro atoms. The molecule has 0 aliphatic carbocycles. The molecule has 0 unspecified atom stereocenters. The average molecular weight is 612 g/mol. The summed E-state index contributed by atoms with van der Waals surface area (Å²) >= 11 is 12.0. The van der Waals surface area contributed by atoms with Crippen LogP contribution in [0.2, 0.25) is 10.0 Å². The molecule has 1 fully saturated rings. The summed E-state index contributed by atoms with van der Waals surface area (Å²) in [5.74, 6) is 0. The Kier molecular flexibility index (Phi) is 9.17. The Hall–Kier alpha value is -1.15. The number of hydrogen-bond acceptors (Lipinski definition) is 8. The van der Waals surface area contributed by atoms with Crippen LogP contribution < -0.4 is 23.2 Å². The maximum absolute atomic E-state index is 8.83. The van der Waals surface area contributed by atoms with Crippen molar-refractivity contribution in [2.45, 2.75) is 0 Å². The van der Waals surface area contributed by atoms with Gasteiger partial charge in [0.25, 0.3) is 9.34 Å². The SMILES string of the molecule is Clc1ccc(-c2cc(=[N+]3CC[N+](=c4cc(-c5ccc(Cl)cc5)ss4)CC3)ss2)cc1.[O-][Cl+](O)(O)O. The predicted octanol–water partition coefficient (Wildman–Crippen LogP) is 2.97. The van der Waals surface area contributed by atoms with Crippen LogP contribution in [0.1, 0.15) is 0 Å². The Morgan fingerprint density at radius 2 is 0.943 bits per heavy atom. The first-order valence-electron chi connectivity index (χ1n) is 10.2. The molecule has 0 saturated carbocycles. The third-order valence-corrected chi connectivity index (χ3v) is 10.5. The first-order valence-corrected chi connectivity index (χ1v) is 16.6. The van der Waals surface area contributed by atoms with Crippen LogP contribution in [0.4, 0.5) is 0 Å². The fourth-order valence-electron chi connectivity index (χ4n) is 3.42. The number of benzene rings is 2. The fourth-order valence-corrected chi connectivity index (χ4v) is 8.70. The van der Waals surface area contributed by atoms with Crippen LogP contribution in [0.15, 0.2) is 60.7 Å². The summed E-state index contributed by atoms with van der Waals surface area (Å²) in [5.41, 5.74) is 2.47. The van der Waals surface area contributed by atoms with E-state index in [0.29, 0.717) is 0 Å². The van der Waals surface area contributed by atoms with E-state index in [0.717, 1.165) is 36.2 Å². The van der Waals surface area contributed by atoms with E-state index in [2.05, 4.69) is 45.5 Å². The molecule has 6 nitrogen and oxygen atoms in total. The molecular weight excluding hydrogens is 591 g/mol. The van der Waals surface area contributed by atoms with Crippen LogP contribution in [0, 0.1) is 10.2 Å². The normalized spacial score (nSPS) is 14.5. The van der Waals surface area contributed by atoms with Gasteiger partial charge in [0.1, 0.15) is 0 Å². The van der Waals surface area contributed by atoms with E-state index < -0.39 is 10.2 Å². The predicted molar refractivity (Wildman–Crippen MR) is 142 cm³/mol. The molecule has 4 aromatic rings. The van der Waals surface area contributed by atoms with Crippen molar-refractivity contribution in [2.75, 3.05) is 26.2 Å². The second-order valence-electron chi connectivity index (χ2n) is 7.45. The maximum atomic E-state index is 8.83. The molecule has 0 radical (unpaired) electrons. The van der Waals surface area contributed by atoms with Gasteiger partial charge in [0.05, 0.1) is 9.75 Å². The minimum atomic E-state index is -4.19. The van der Waals surface area contributed by atoms with Crippen molar-refractivity contribution in [3.63, 3.8) is 0 Å². The van der Waals surface area contributed by atoms with Crippen molar-refractivity contribution < 1.29 is 28.9 Å². The van der Waals surface area contributed by atoms with Crippen LogP contribution in [0.5, 0.6) is 0 Å². The van der Waals surface area contributed by atoms with Gasteiger partial charge < -0.3 is 0 Å². The zero-order chi connectivity index (χ0) is 25.0. The third-order valence-electron chi connectivity index (χ3n) is 5.10. The van der Waals surface area contributed by atoms with Crippen molar-refractivity contribution in [3.8, 4) is 20.9 Å². The topological polar surface area (TPSA) is 89.8 Å². The Bertz CT molecular complexity index is 1300. The van der Waals surface area contributed by atoms with E-state index >= 15 is 0 Å². The quantitative estimate of drug-likeness (QED) is 0.240. The van der Waals surface area contributed by atoms with E-state index in [1.54, 1.807) is 0 Å². The van der Waals surface area contributed by atoms with Crippen LogP contribution in [-0.2, 0) is 0 Å². The van der Waals surface area contributed by atoms with Crippen LogP contribution in [0.25, 0.3) is 20.9 Å². The zero-order valence-corrected chi connectivity index (χ0v) is 23.5. The molecule has 1 saturated heterocycles. The second-order valence-corrected chi connectivity index (χ2v) is 13.6. The summed E-state index contributed by atoms with van der Waals surface area (Å²) in [5, 5.41) is 1.56. The molecule has 1 aliphatic heterocycles. The molecule has 5 rings (SSSR count). The van der Waals surface area contributed by atoms with Gasteiger partial charge in [0, 0.05) is 22.2 Å². The summed E-state index contributed by atoms with van der Waals surface area (Å²) in [6.45, 7) is 4.19. The van der Waals surface area contributed by atoms with Gasteiger partial charge in [-0.1, -0.05) is 68.1 Å². The number of piperazine rings is 1. The van der Waals surface area contributed by atoms with Crippen molar-refractivity contribution in [1.82, 2.24) is 9.15 Å². The van der Waals surface area contributed by atoms with Gasteiger partial charge in [-0.2, -0.15) is 0 Å². The van der Waals surface area contributed by atoms with Gasteiger partial charge in [0.2, 0.25) is 26.2 Å². The average Bonchev–Trinajstić information content (AvgIpc) is 3.50. The first kappa shape index (κ1) is 26.9. The van der Waals surface area contributed by atoms with Gasteiger partial charge in [0.15, 0.2) is 0 Å². The molecule has 2 aromatic carbocycles. The molecule has 0 bridgehead atoms. The number of halogens is 3. The first-order chi connectivity index (χ1) is 16.7. The summed E-state index contributed by atoms with van der Waals surface area (Å²) in [4.78, 5) is 2.61. The Labute approximate surface area is 228 Å². The van der Waals surface area contributed by atoms with Gasteiger partial charge in [-0.25, -0.2) is 9.15 Å². The monoisotopic (exact) mass is 610 g/mol. The fraction of sp³-hybridized carbons (Fsp3) is 0.182. The molecule has 186 valence electrons. The van der Waals surface area contributed by atoms with Crippen molar-refractivity contribution in [2.24, 2.45) is 0 Å². The van der Waals surface area contributed by atoms with Crippen molar-refractivity contribution in [3.05, 3.63) is 80.1 Å². The number of hydrogen-bond donors (Lipinski definition) is 3. The minimum absolute atomic E-state index is 0.782. The van der Waals surface area contributed by atoms with Crippen molar-refractivity contribution >= 4 is 64.6 Å². The van der Waals surface area contributed by atoms with Gasteiger partial charge in [-0.3, -0.25) is 0 Å². The summed E-state index contributed by atoms with van der Waals surface area (Å²) < 4.78 is 38.0. The van der Waals surface area contributed by atoms with Gasteiger partial charge in [-0.15, -0.1) is 0 Å². The zero-order valence-electron chi connectivity index (χ0n) is 18.0. The molecule has 35 heavy (non-hydrogen) atoms. The van der Waals surface area contributed by atoms with Crippen LogP contribution in [-0.4, -0.2) is 40.2 Å². The van der Waals surface area contributed by atoms with E-state index in [4.69, 9.17) is 41.8 Å². The molecule has 3 heterocycles. The molecular formula is C22H21Cl3N2O4S4+2. The standard InChI is InChI=1S/C22H18Cl2N2S4.ClH3O4/c23-17-5-1-15(2-6-17)19-13-21(29-27-19)25-9-11-26(12-10-25)22-14-20(28-30-22)16-3-7-18(24)8-4-16;2-1(3,4)5/h1-8,13-14H,9-12H2;2-4H/q+2;. The van der Waals surface area contributed by atoms with Crippen molar-refractivity contribution in [1.29, 1.82) is 0 Å². The number of rotatable bonds is 2. The van der Waals surface area contributed by atoms with E-state index in [9.17, 15) is 0 Å². The third kappa shape index (κ3) is 7.91. The van der Waals surface area contributed by atoms with Crippen LogP contribution >= 0.6 is 64.6 Å². The second kappa shape index (κ2) is 11.9. The Morgan fingerprint density at radius 3 is 1.26 bits per heavy atom. The molecule has 3 N–H and O–H groups in total. The molecule has 13 heteroatoms. The molecule has 0 amide bonds. The van der Waals surface area contributed by atoms with Gasteiger partial charge in [-0.05, 0) is 56.1 Å². The molecule has 0 atom stereocenters. The summed E-state index contributed by atoms with van der Waals surface area (Å²) in [6, 6.07) is 20.9. The Morgan fingerprint density at radius 1 is 0.629 bits per heavy atom. The van der Waals surface area contributed by atoms with Gasteiger partial charge >= 0.3 is 28.9 Å². The number of nitrogens with zero attached hydrogens (tertiary/aromatic N) is 2. The van der Waals surface area contributed by atoms with Crippen LogP contribution in [0.3, 0.4) is 0 Å². The van der Waals surface area contributed by atoms with E-state index in [1.807, 2.05) is 65.6 Å². The molecule has 1 aliphatic rings. The van der Waals surface area contributed by atoms with E-state index in [-0.39, 0.29) is 0 Å².